The van der Waals surface area contributed by atoms with E-state index in [1.54, 1.807) is 11.3 Å². The second-order valence-corrected chi connectivity index (χ2v) is 8.35. The van der Waals surface area contributed by atoms with Crippen molar-refractivity contribution in [3.8, 4) is 0 Å². The molecule has 2 aromatic rings. The van der Waals surface area contributed by atoms with Gasteiger partial charge in [0.2, 0.25) is 0 Å². The first-order chi connectivity index (χ1) is 12.7. The van der Waals surface area contributed by atoms with Crippen molar-refractivity contribution < 1.29 is 9.53 Å². The second-order valence-electron chi connectivity index (χ2n) is 7.21. The highest BCUT2D eigenvalue weighted by Crippen LogP contribution is 2.32. The molecule has 3 heterocycles. The Morgan fingerprint density at radius 1 is 1.38 bits per heavy atom. The number of morpholine rings is 1. The van der Waals surface area contributed by atoms with Gasteiger partial charge in [-0.15, -0.1) is 11.3 Å². The van der Waals surface area contributed by atoms with E-state index in [-0.39, 0.29) is 5.91 Å². The number of nitrogens with zero attached hydrogens (tertiary/aromatic N) is 2. The molecule has 2 aliphatic rings. The lowest BCUT2D eigenvalue weighted by Crippen LogP contribution is -2.36. The summed E-state index contributed by atoms with van der Waals surface area (Å²) >= 11 is 1.66. The Labute approximate surface area is 158 Å². The van der Waals surface area contributed by atoms with Crippen LogP contribution in [0.3, 0.4) is 0 Å². The molecule has 0 radical (unpaired) electrons. The number of aromatic nitrogens is 1. The van der Waals surface area contributed by atoms with Crippen LogP contribution in [0.25, 0.3) is 0 Å². The second kappa shape index (κ2) is 7.76. The van der Waals surface area contributed by atoms with E-state index in [0.29, 0.717) is 6.54 Å². The Kier molecular flexibility index (Phi) is 5.22. The summed E-state index contributed by atoms with van der Waals surface area (Å²) in [6.07, 6.45) is 5.30. The van der Waals surface area contributed by atoms with Crippen molar-refractivity contribution >= 4 is 23.1 Å². The van der Waals surface area contributed by atoms with Crippen LogP contribution < -0.4 is 10.2 Å². The van der Waals surface area contributed by atoms with Crippen molar-refractivity contribution in [1.29, 1.82) is 0 Å². The lowest BCUT2D eigenvalue weighted by atomic mass is 9.90. The van der Waals surface area contributed by atoms with E-state index in [9.17, 15) is 4.79 Å². The SMILES string of the molecule is C[C@H]1CCc2sc(C(=O)NCc3ccc(N4CCOCC4)nc3)cc2C1. The highest BCUT2D eigenvalue weighted by molar-refractivity contribution is 7.14. The molecule has 4 rings (SSSR count). The van der Waals surface area contributed by atoms with E-state index in [1.807, 2.05) is 18.3 Å². The molecule has 1 saturated heterocycles. The van der Waals surface area contributed by atoms with Crippen LogP contribution in [0.15, 0.2) is 24.4 Å². The van der Waals surface area contributed by atoms with Crippen LogP contribution in [0, 0.1) is 5.92 Å². The molecule has 2 aromatic heterocycles. The smallest absolute Gasteiger partial charge is 0.261 e. The van der Waals surface area contributed by atoms with Gasteiger partial charge in [-0.3, -0.25) is 4.79 Å². The number of nitrogens with one attached hydrogen (secondary N) is 1. The zero-order valence-corrected chi connectivity index (χ0v) is 16.0. The molecule has 1 atom stereocenters. The monoisotopic (exact) mass is 371 g/mol. The molecule has 5 nitrogen and oxygen atoms in total. The van der Waals surface area contributed by atoms with Gasteiger partial charge in [0.25, 0.3) is 5.91 Å². The number of fused-ring (bicyclic) bond motifs is 1. The Balaban J connectivity index is 1.34. The van der Waals surface area contributed by atoms with Gasteiger partial charge in [-0.05, 0) is 48.4 Å². The molecule has 0 saturated carbocycles. The molecule has 1 aliphatic heterocycles. The molecular formula is C20H25N3O2S. The lowest BCUT2D eigenvalue weighted by Gasteiger charge is -2.27. The Morgan fingerprint density at radius 2 is 2.23 bits per heavy atom. The average molecular weight is 372 g/mol. The summed E-state index contributed by atoms with van der Waals surface area (Å²) in [7, 11) is 0. The first-order valence-corrected chi connectivity index (χ1v) is 10.2. The van der Waals surface area contributed by atoms with Crippen molar-refractivity contribution in [2.75, 3.05) is 31.2 Å². The molecule has 6 heteroatoms. The summed E-state index contributed by atoms with van der Waals surface area (Å²) in [5.41, 5.74) is 2.39. The van der Waals surface area contributed by atoms with Crippen molar-refractivity contribution in [2.45, 2.75) is 32.7 Å². The summed E-state index contributed by atoms with van der Waals surface area (Å²) in [6, 6.07) is 6.15. The van der Waals surface area contributed by atoms with Gasteiger partial charge in [0.15, 0.2) is 0 Å². The lowest BCUT2D eigenvalue weighted by molar-refractivity contribution is 0.0955. The largest absolute Gasteiger partial charge is 0.378 e. The molecule has 138 valence electrons. The molecule has 0 unspecified atom stereocenters. The van der Waals surface area contributed by atoms with E-state index >= 15 is 0 Å². The van der Waals surface area contributed by atoms with Crippen molar-refractivity contribution in [2.24, 2.45) is 5.92 Å². The minimum atomic E-state index is 0.0225. The topological polar surface area (TPSA) is 54.5 Å². The van der Waals surface area contributed by atoms with E-state index < -0.39 is 0 Å². The Bertz CT molecular complexity index is 766. The van der Waals surface area contributed by atoms with Gasteiger partial charge in [0, 0.05) is 30.7 Å². The van der Waals surface area contributed by atoms with Gasteiger partial charge in [-0.25, -0.2) is 4.98 Å². The number of thiophene rings is 1. The standard InChI is InChI=1S/C20H25N3O2S/c1-14-2-4-17-16(10-14)11-18(26-17)20(24)22-13-15-3-5-19(21-12-15)23-6-8-25-9-7-23/h3,5,11-12,14H,2,4,6-10,13H2,1H3,(H,22,24)/t14-/m0/s1. The quantitative estimate of drug-likeness (QED) is 0.898. The van der Waals surface area contributed by atoms with Crippen molar-refractivity contribution in [3.63, 3.8) is 0 Å². The zero-order chi connectivity index (χ0) is 17.9. The molecule has 0 aromatic carbocycles. The molecule has 26 heavy (non-hydrogen) atoms. The third-order valence-corrected chi connectivity index (χ3v) is 6.39. The average Bonchev–Trinajstić information content (AvgIpc) is 3.10. The van der Waals surface area contributed by atoms with Crippen LogP contribution >= 0.6 is 11.3 Å². The molecule has 1 aliphatic carbocycles. The van der Waals surface area contributed by atoms with Gasteiger partial charge >= 0.3 is 0 Å². The number of aryl methyl sites for hydroxylation is 1. The number of carbonyl (C=O) groups excluding carboxylic acids is 1. The molecule has 1 N–H and O–H groups in total. The van der Waals surface area contributed by atoms with Crippen molar-refractivity contribution in [3.05, 3.63) is 45.3 Å². The highest BCUT2D eigenvalue weighted by atomic mass is 32.1. The third-order valence-electron chi connectivity index (χ3n) is 5.15. The number of amides is 1. The van der Waals surface area contributed by atoms with Crippen LogP contribution in [0.5, 0.6) is 0 Å². The predicted molar refractivity (Wildman–Crippen MR) is 104 cm³/mol. The number of hydrogen-bond donors (Lipinski definition) is 1. The normalized spacial score (nSPS) is 19.9. The van der Waals surface area contributed by atoms with E-state index in [1.165, 1.54) is 16.9 Å². The highest BCUT2D eigenvalue weighted by Gasteiger charge is 2.20. The number of carbonyl (C=O) groups is 1. The molecule has 1 fully saturated rings. The van der Waals surface area contributed by atoms with E-state index in [0.717, 1.165) is 61.3 Å². The molecular weight excluding hydrogens is 346 g/mol. The van der Waals surface area contributed by atoms with Crippen LogP contribution in [0.2, 0.25) is 0 Å². The number of hydrogen-bond acceptors (Lipinski definition) is 5. The minimum absolute atomic E-state index is 0.0225. The zero-order valence-electron chi connectivity index (χ0n) is 15.2. The maximum absolute atomic E-state index is 12.5. The van der Waals surface area contributed by atoms with E-state index in [2.05, 4.69) is 28.2 Å². The van der Waals surface area contributed by atoms with Crippen LogP contribution in [-0.2, 0) is 24.1 Å². The summed E-state index contributed by atoms with van der Waals surface area (Å²) in [5.74, 6) is 1.72. The first kappa shape index (κ1) is 17.5. The van der Waals surface area contributed by atoms with Gasteiger partial charge in [-0.2, -0.15) is 0 Å². The summed E-state index contributed by atoms with van der Waals surface area (Å²) in [6.45, 7) is 6.06. The molecule has 0 bridgehead atoms. The van der Waals surface area contributed by atoms with Crippen LogP contribution in [0.1, 0.15) is 39.0 Å². The number of anilines is 1. The van der Waals surface area contributed by atoms with Crippen molar-refractivity contribution in [1.82, 2.24) is 10.3 Å². The van der Waals surface area contributed by atoms with Gasteiger partial charge in [0.1, 0.15) is 5.82 Å². The summed E-state index contributed by atoms with van der Waals surface area (Å²) in [5, 5.41) is 3.03. The number of rotatable bonds is 4. The van der Waals surface area contributed by atoms with Crippen LogP contribution in [-0.4, -0.2) is 37.2 Å². The van der Waals surface area contributed by atoms with E-state index in [4.69, 9.17) is 4.74 Å². The maximum Gasteiger partial charge on any atom is 0.261 e. The first-order valence-electron chi connectivity index (χ1n) is 9.36. The molecule has 1 amide bonds. The fourth-order valence-corrected chi connectivity index (χ4v) is 4.71. The van der Waals surface area contributed by atoms with Gasteiger partial charge in [-0.1, -0.05) is 13.0 Å². The predicted octanol–water partition coefficient (Wildman–Crippen LogP) is 3.03. The minimum Gasteiger partial charge on any atom is -0.378 e. The Morgan fingerprint density at radius 3 is 3.00 bits per heavy atom. The van der Waals surface area contributed by atoms with Crippen LogP contribution in [0.4, 0.5) is 5.82 Å². The Hall–Kier alpha value is -1.92. The maximum atomic E-state index is 12.5. The van der Waals surface area contributed by atoms with Gasteiger partial charge in [0.05, 0.1) is 18.1 Å². The summed E-state index contributed by atoms with van der Waals surface area (Å²) in [4.78, 5) is 21.5. The molecule has 0 spiro atoms. The fourth-order valence-electron chi connectivity index (χ4n) is 3.59. The third kappa shape index (κ3) is 3.91. The number of ether oxygens (including phenoxy) is 1. The fraction of sp³-hybridized carbons (Fsp3) is 0.500. The number of pyridine rings is 1. The van der Waals surface area contributed by atoms with Gasteiger partial charge < -0.3 is 15.0 Å². The summed E-state index contributed by atoms with van der Waals surface area (Å²) < 4.78 is 5.37.